The Morgan fingerprint density at radius 2 is 1.94 bits per heavy atom. The first-order chi connectivity index (χ1) is 15.5. The lowest BCUT2D eigenvalue weighted by molar-refractivity contribution is -0.390. The number of fused-ring (bicyclic) bond motifs is 1. The first kappa shape index (κ1) is 22.2. The van der Waals surface area contributed by atoms with Crippen molar-refractivity contribution in [2.45, 2.75) is 26.7 Å². The van der Waals surface area contributed by atoms with E-state index < -0.39 is 4.92 Å². The van der Waals surface area contributed by atoms with Gasteiger partial charge in [0.25, 0.3) is 0 Å². The molecule has 8 nitrogen and oxygen atoms in total. The number of imidazole rings is 1. The van der Waals surface area contributed by atoms with Gasteiger partial charge in [0.05, 0.1) is 19.3 Å². The Balaban J connectivity index is 1.88. The minimum absolute atomic E-state index is 0.162. The van der Waals surface area contributed by atoms with Gasteiger partial charge >= 0.3 is 10.8 Å². The molecule has 2 aromatic carbocycles. The topological polar surface area (TPSA) is 91.8 Å². The average Bonchev–Trinajstić information content (AvgIpc) is 3.33. The van der Waals surface area contributed by atoms with Crippen molar-refractivity contribution < 1.29 is 14.4 Å². The van der Waals surface area contributed by atoms with Crippen LogP contribution in [0.25, 0.3) is 26.8 Å². The Bertz CT molecular complexity index is 1280. The molecular formula is C22H21BrN4O4S. The maximum absolute atomic E-state index is 11.9. The van der Waals surface area contributed by atoms with Crippen LogP contribution in [0.5, 0.6) is 11.5 Å². The molecule has 2 heterocycles. The zero-order valence-electron chi connectivity index (χ0n) is 17.8. The van der Waals surface area contributed by atoms with Crippen LogP contribution >= 0.6 is 27.3 Å². The third-order valence-electron chi connectivity index (χ3n) is 4.90. The molecule has 0 amide bonds. The van der Waals surface area contributed by atoms with Crippen LogP contribution in [0.3, 0.4) is 0 Å². The summed E-state index contributed by atoms with van der Waals surface area (Å²) in [5.74, 6) is 1.21. The Morgan fingerprint density at radius 1 is 1.19 bits per heavy atom. The summed E-state index contributed by atoms with van der Waals surface area (Å²) in [5, 5.41) is 17.1. The number of aryl methyl sites for hydroxylation is 1. The monoisotopic (exact) mass is 516 g/mol. The normalized spacial score (nSPS) is 11.1. The average molecular weight is 517 g/mol. The van der Waals surface area contributed by atoms with Crippen LogP contribution in [-0.4, -0.2) is 33.2 Å². The van der Waals surface area contributed by atoms with E-state index in [2.05, 4.69) is 32.9 Å². The van der Waals surface area contributed by atoms with E-state index in [1.165, 1.54) is 15.9 Å². The van der Waals surface area contributed by atoms with Crippen LogP contribution in [0.2, 0.25) is 0 Å². The van der Waals surface area contributed by atoms with Gasteiger partial charge in [-0.2, -0.15) is 4.98 Å². The van der Waals surface area contributed by atoms with Crippen LogP contribution in [0.15, 0.2) is 40.9 Å². The minimum atomic E-state index is -0.444. The lowest BCUT2D eigenvalue weighted by Crippen LogP contribution is -2.00. The second-order valence-electron chi connectivity index (χ2n) is 6.99. The van der Waals surface area contributed by atoms with Gasteiger partial charge in [0.1, 0.15) is 11.5 Å². The molecule has 0 aliphatic heterocycles. The van der Waals surface area contributed by atoms with Crippen molar-refractivity contribution in [1.82, 2.24) is 14.6 Å². The first-order valence-corrected chi connectivity index (χ1v) is 11.7. The fourth-order valence-corrected chi connectivity index (χ4v) is 4.69. The lowest BCUT2D eigenvalue weighted by Gasteiger charge is -2.14. The lowest BCUT2D eigenvalue weighted by atomic mass is 10.0. The smallest absolute Gasteiger partial charge is 0.377 e. The van der Waals surface area contributed by atoms with Gasteiger partial charge in [0.15, 0.2) is 10.7 Å². The molecule has 0 radical (unpaired) electrons. The summed E-state index contributed by atoms with van der Waals surface area (Å²) in [5.41, 5.74) is 2.75. The molecule has 0 atom stereocenters. The van der Waals surface area contributed by atoms with E-state index in [1.807, 2.05) is 31.2 Å². The van der Waals surface area contributed by atoms with Crippen LogP contribution in [0, 0.1) is 10.1 Å². The van der Waals surface area contributed by atoms with Gasteiger partial charge in [-0.3, -0.25) is 0 Å². The number of halogens is 1. The number of nitrogens with zero attached hydrogens (tertiary/aromatic N) is 4. The number of aromatic nitrogens is 3. The van der Waals surface area contributed by atoms with Crippen LogP contribution in [0.4, 0.5) is 5.82 Å². The predicted molar refractivity (Wildman–Crippen MR) is 128 cm³/mol. The summed E-state index contributed by atoms with van der Waals surface area (Å²) in [4.78, 5) is 16.5. The number of nitro groups is 1. The fraction of sp³-hybridized carbons (Fsp3) is 0.273. The van der Waals surface area contributed by atoms with Crippen molar-refractivity contribution in [1.29, 1.82) is 0 Å². The highest BCUT2D eigenvalue weighted by Gasteiger charge is 2.29. The number of methoxy groups -OCH3 is 1. The summed E-state index contributed by atoms with van der Waals surface area (Å²) in [6, 6.07) is 11.1. The summed E-state index contributed by atoms with van der Waals surface area (Å²) in [6.07, 6.45) is 1.78. The van der Waals surface area contributed by atoms with Crippen molar-refractivity contribution in [2.75, 3.05) is 13.7 Å². The van der Waals surface area contributed by atoms with E-state index in [4.69, 9.17) is 9.47 Å². The molecule has 32 heavy (non-hydrogen) atoms. The number of hydrogen-bond donors (Lipinski definition) is 0. The van der Waals surface area contributed by atoms with Crippen molar-refractivity contribution in [3.8, 4) is 33.3 Å². The molecule has 0 unspecified atom stereocenters. The maximum Gasteiger partial charge on any atom is 0.377 e. The molecule has 166 valence electrons. The van der Waals surface area contributed by atoms with E-state index in [0.717, 1.165) is 34.2 Å². The van der Waals surface area contributed by atoms with Gasteiger partial charge in [-0.15, -0.1) is 0 Å². The zero-order chi connectivity index (χ0) is 22.8. The van der Waals surface area contributed by atoms with Crippen molar-refractivity contribution in [3.63, 3.8) is 0 Å². The van der Waals surface area contributed by atoms with Crippen molar-refractivity contribution in [2.24, 2.45) is 0 Å². The van der Waals surface area contributed by atoms with Crippen molar-refractivity contribution in [3.05, 3.63) is 56.5 Å². The quantitative estimate of drug-likeness (QED) is 0.206. The minimum Gasteiger partial charge on any atom is -0.496 e. The SMILES string of the molecule is CCCc1cc(-c2nn3c([N+](=O)[O-])c(-c4ccc(Br)cc4)nc3s2)c(OCC)cc1OC. The Morgan fingerprint density at radius 3 is 2.56 bits per heavy atom. The van der Waals surface area contributed by atoms with Gasteiger partial charge in [-0.1, -0.05) is 51.0 Å². The number of rotatable bonds is 8. The van der Waals surface area contributed by atoms with Gasteiger partial charge in [-0.25, -0.2) is 0 Å². The van der Waals surface area contributed by atoms with Crippen molar-refractivity contribution >= 4 is 38.0 Å². The Labute approximate surface area is 197 Å². The summed E-state index contributed by atoms with van der Waals surface area (Å²) in [7, 11) is 1.63. The molecule has 2 aromatic heterocycles. The van der Waals surface area contributed by atoms with E-state index in [0.29, 0.717) is 33.6 Å². The molecule has 4 aromatic rings. The third-order valence-corrected chi connectivity index (χ3v) is 6.37. The molecule has 10 heteroatoms. The summed E-state index contributed by atoms with van der Waals surface area (Å²) in [6.45, 7) is 4.47. The van der Waals surface area contributed by atoms with Crippen LogP contribution < -0.4 is 9.47 Å². The van der Waals surface area contributed by atoms with E-state index in [9.17, 15) is 10.1 Å². The highest BCUT2D eigenvalue weighted by Crippen LogP contribution is 2.41. The fourth-order valence-electron chi connectivity index (χ4n) is 3.51. The molecule has 0 saturated carbocycles. The molecule has 0 N–H and O–H groups in total. The Kier molecular flexibility index (Phi) is 6.43. The molecule has 4 rings (SSSR count). The first-order valence-electron chi connectivity index (χ1n) is 10.1. The van der Waals surface area contributed by atoms with Crippen LogP contribution in [0.1, 0.15) is 25.8 Å². The highest BCUT2D eigenvalue weighted by atomic mass is 79.9. The highest BCUT2D eigenvalue weighted by molar-refractivity contribution is 9.10. The molecular weight excluding hydrogens is 496 g/mol. The van der Waals surface area contributed by atoms with E-state index in [1.54, 1.807) is 19.2 Å². The molecule has 0 saturated heterocycles. The van der Waals surface area contributed by atoms with Crippen LogP contribution in [-0.2, 0) is 6.42 Å². The van der Waals surface area contributed by atoms with Gasteiger partial charge in [0, 0.05) is 16.1 Å². The van der Waals surface area contributed by atoms with E-state index >= 15 is 0 Å². The summed E-state index contributed by atoms with van der Waals surface area (Å²) < 4.78 is 13.6. The molecule has 0 fully saturated rings. The number of ether oxygens (including phenoxy) is 2. The van der Waals surface area contributed by atoms with E-state index in [-0.39, 0.29) is 5.82 Å². The second-order valence-corrected chi connectivity index (χ2v) is 8.86. The zero-order valence-corrected chi connectivity index (χ0v) is 20.2. The predicted octanol–water partition coefficient (Wildman–Crippen LogP) is 6.16. The standard InChI is InChI=1S/C22H21BrN4O4S/c1-4-6-14-11-16(18(31-5-2)12-17(14)30-3)20-25-26-21(27(28)29)19(24-22(26)32-20)13-7-9-15(23)10-8-13/h7-12H,4-6H2,1-3H3. The number of hydrogen-bond acceptors (Lipinski definition) is 7. The molecule has 0 aliphatic rings. The van der Waals surface area contributed by atoms with Gasteiger partial charge < -0.3 is 19.6 Å². The second kappa shape index (κ2) is 9.25. The largest absolute Gasteiger partial charge is 0.496 e. The van der Waals surface area contributed by atoms with Gasteiger partial charge in [-0.05, 0) is 53.4 Å². The number of benzene rings is 2. The molecule has 0 aliphatic carbocycles. The molecule has 0 bridgehead atoms. The Hall–Kier alpha value is -2.98. The maximum atomic E-state index is 11.9. The summed E-state index contributed by atoms with van der Waals surface area (Å²) >= 11 is 4.67. The van der Waals surface area contributed by atoms with Gasteiger partial charge in [0.2, 0.25) is 0 Å². The third kappa shape index (κ3) is 4.07. The molecule has 0 spiro atoms.